The summed E-state index contributed by atoms with van der Waals surface area (Å²) in [7, 11) is 2.20. The number of hydrogen-bond donors (Lipinski definition) is 3. The van der Waals surface area contributed by atoms with E-state index in [2.05, 4.69) is 49.5 Å². The number of anilines is 4. The lowest BCUT2D eigenvalue weighted by Crippen LogP contribution is -2.52. The fourth-order valence-corrected chi connectivity index (χ4v) is 6.24. The summed E-state index contributed by atoms with van der Waals surface area (Å²) in [5.74, 6) is -0.580. The number of halogens is 1. The number of amides is 1. The molecular formula is C32H41FN8O2. The van der Waals surface area contributed by atoms with Gasteiger partial charge in [0.25, 0.3) is 5.91 Å². The first-order chi connectivity index (χ1) is 20.9. The van der Waals surface area contributed by atoms with E-state index >= 15 is 0 Å². The second-order valence-electron chi connectivity index (χ2n) is 11.7. The molecule has 0 aliphatic carbocycles. The molecule has 0 spiro atoms. The predicted octanol–water partition coefficient (Wildman–Crippen LogP) is 3.93. The van der Waals surface area contributed by atoms with E-state index in [1.807, 2.05) is 12.1 Å². The molecule has 2 aromatic carbocycles. The summed E-state index contributed by atoms with van der Waals surface area (Å²) in [5, 5.41) is 6.67. The number of benzene rings is 2. The van der Waals surface area contributed by atoms with Gasteiger partial charge in [0.15, 0.2) is 17.3 Å². The van der Waals surface area contributed by atoms with E-state index in [9.17, 15) is 9.18 Å². The molecule has 3 saturated heterocycles. The summed E-state index contributed by atoms with van der Waals surface area (Å²) in [6.07, 6.45) is 3.90. The highest BCUT2D eigenvalue weighted by molar-refractivity contribution is 5.97. The molecule has 43 heavy (non-hydrogen) atoms. The van der Waals surface area contributed by atoms with Gasteiger partial charge in [-0.05, 0) is 69.1 Å². The van der Waals surface area contributed by atoms with Gasteiger partial charge < -0.3 is 30.9 Å². The zero-order chi connectivity index (χ0) is 29.8. The van der Waals surface area contributed by atoms with Gasteiger partial charge in [-0.1, -0.05) is 12.1 Å². The topological polar surface area (TPSA) is 112 Å². The monoisotopic (exact) mass is 588 g/mol. The number of nitrogens with two attached hydrogens (primary N) is 1. The van der Waals surface area contributed by atoms with E-state index in [4.69, 9.17) is 15.5 Å². The first-order valence-corrected chi connectivity index (χ1v) is 15.3. The maximum absolute atomic E-state index is 14.9. The molecule has 6 rings (SSSR count). The molecule has 0 unspecified atom stereocenters. The number of nitrogens with zero attached hydrogens (tertiary/aromatic N) is 5. The minimum Gasteiger partial charge on any atom is -0.381 e. The fraction of sp³-hybridized carbons (Fsp3) is 0.469. The van der Waals surface area contributed by atoms with Crippen LogP contribution in [0.1, 0.15) is 36.2 Å². The Morgan fingerprint density at radius 3 is 2.28 bits per heavy atom. The third-order valence-corrected chi connectivity index (χ3v) is 8.83. The van der Waals surface area contributed by atoms with Crippen molar-refractivity contribution in [2.75, 3.05) is 75.1 Å². The lowest BCUT2D eigenvalue weighted by molar-refractivity contribution is 0.0904. The van der Waals surface area contributed by atoms with E-state index in [0.29, 0.717) is 25.1 Å². The first kappa shape index (κ1) is 29.3. The molecular weight excluding hydrogens is 547 g/mol. The van der Waals surface area contributed by atoms with Crippen LogP contribution < -0.4 is 21.3 Å². The number of carbonyl (C=O) groups excluding carboxylic acids is 1. The van der Waals surface area contributed by atoms with Gasteiger partial charge in [0.05, 0.1) is 0 Å². The normalized spacial score (nSPS) is 19.3. The van der Waals surface area contributed by atoms with Gasteiger partial charge in [0, 0.05) is 81.5 Å². The number of likely N-dealkylation sites (N-methyl/N-ethyl adjacent to an activating group) is 1. The third kappa shape index (κ3) is 6.90. The second kappa shape index (κ2) is 13.2. The van der Waals surface area contributed by atoms with Crippen molar-refractivity contribution in [2.24, 2.45) is 5.73 Å². The predicted molar refractivity (Wildman–Crippen MR) is 167 cm³/mol. The largest absolute Gasteiger partial charge is 0.381 e. The summed E-state index contributed by atoms with van der Waals surface area (Å²) in [6.45, 7) is 7.93. The van der Waals surface area contributed by atoms with Crippen LogP contribution >= 0.6 is 0 Å². The van der Waals surface area contributed by atoms with Crippen LogP contribution in [0.2, 0.25) is 0 Å². The Balaban J connectivity index is 1.20. The molecule has 3 aromatic rings. The molecule has 0 radical (unpaired) electrons. The standard InChI is InChI=1S/C32H41FN8O2/c1-39-16-18-41(19-17-39)25-10-14-40(15-11-25)24-8-6-22(7-9-24)35-32-29(30(34)42)37-28(26-4-2-3-5-27(26)33)31(38-32)36-23-12-20-43-21-13-23/h2-9,23,25H,10-21H2,1H3,(H2,34,42)(H2,35,36,38). The summed E-state index contributed by atoms with van der Waals surface area (Å²) < 4.78 is 20.4. The third-order valence-electron chi connectivity index (χ3n) is 8.83. The highest BCUT2D eigenvalue weighted by Crippen LogP contribution is 2.32. The number of piperazine rings is 1. The van der Waals surface area contributed by atoms with Gasteiger partial charge >= 0.3 is 0 Å². The number of hydrogen-bond acceptors (Lipinski definition) is 9. The number of ether oxygens (including phenoxy) is 1. The van der Waals surface area contributed by atoms with Crippen LogP contribution in [0.5, 0.6) is 0 Å². The Morgan fingerprint density at radius 2 is 1.60 bits per heavy atom. The molecule has 10 nitrogen and oxygen atoms in total. The molecule has 0 bridgehead atoms. The Morgan fingerprint density at radius 1 is 0.907 bits per heavy atom. The summed E-state index contributed by atoms with van der Waals surface area (Å²) >= 11 is 0. The summed E-state index contributed by atoms with van der Waals surface area (Å²) in [6, 6.07) is 15.2. The number of piperidine rings is 1. The zero-order valence-corrected chi connectivity index (χ0v) is 24.8. The average molecular weight is 589 g/mol. The van der Waals surface area contributed by atoms with Gasteiger partial charge in [-0.15, -0.1) is 0 Å². The molecule has 0 atom stereocenters. The van der Waals surface area contributed by atoms with E-state index in [1.165, 1.54) is 24.6 Å². The van der Waals surface area contributed by atoms with Crippen molar-refractivity contribution < 1.29 is 13.9 Å². The van der Waals surface area contributed by atoms with E-state index in [-0.39, 0.29) is 28.8 Å². The van der Waals surface area contributed by atoms with Gasteiger partial charge in [0.1, 0.15) is 11.5 Å². The minimum atomic E-state index is -0.745. The minimum absolute atomic E-state index is 0.0502. The van der Waals surface area contributed by atoms with Crippen molar-refractivity contribution in [1.29, 1.82) is 0 Å². The number of primary amides is 1. The summed E-state index contributed by atoms with van der Waals surface area (Å²) in [5.41, 5.74) is 8.13. The van der Waals surface area contributed by atoms with Crippen molar-refractivity contribution in [1.82, 2.24) is 19.8 Å². The number of aromatic nitrogens is 2. The van der Waals surface area contributed by atoms with Crippen LogP contribution in [0.4, 0.5) is 27.4 Å². The zero-order valence-electron chi connectivity index (χ0n) is 24.8. The van der Waals surface area contributed by atoms with Crippen molar-refractivity contribution in [3.63, 3.8) is 0 Å². The van der Waals surface area contributed by atoms with Crippen molar-refractivity contribution in [2.45, 2.75) is 37.8 Å². The Bertz CT molecular complexity index is 1400. The SMILES string of the molecule is CN1CCN(C2CCN(c3ccc(Nc4nc(NC5CCOCC5)c(-c5ccccc5F)nc4C(N)=O)cc3)CC2)CC1. The smallest absolute Gasteiger partial charge is 0.271 e. The summed E-state index contributed by atoms with van der Waals surface area (Å²) in [4.78, 5) is 29.3. The molecule has 3 fully saturated rings. The molecule has 11 heteroatoms. The van der Waals surface area contributed by atoms with Crippen LogP contribution in [0.3, 0.4) is 0 Å². The quantitative estimate of drug-likeness (QED) is 0.360. The highest BCUT2D eigenvalue weighted by Gasteiger charge is 2.27. The van der Waals surface area contributed by atoms with Crippen molar-refractivity contribution in [3.8, 4) is 11.3 Å². The Kier molecular flexibility index (Phi) is 9.01. The number of carbonyl (C=O) groups is 1. The van der Waals surface area contributed by atoms with E-state index < -0.39 is 11.7 Å². The lowest BCUT2D eigenvalue weighted by atomic mass is 10.0. The van der Waals surface area contributed by atoms with E-state index in [1.54, 1.807) is 18.2 Å². The first-order valence-electron chi connectivity index (χ1n) is 15.3. The lowest BCUT2D eigenvalue weighted by Gasteiger charge is -2.42. The van der Waals surface area contributed by atoms with Crippen molar-refractivity contribution >= 4 is 28.9 Å². The molecule has 0 saturated carbocycles. The van der Waals surface area contributed by atoms with Crippen molar-refractivity contribution in [3.05, 3.63) is 60.0 Å². The molecule has 3 aliphatic heterocycles. The fourth-order valence-electron chi connectivity index (χ4n) is 6.24. The molecule has 4 N–H and O–H groups in total. The maximum Gasteiger partial charge on any atom is 0.271 e. The van der Waals surface area contributed by atoms with Gasteiger partial charge in [-0.3, -0.25) is 9.69 Å². The van der Waals surface area contributed by atoms with Gasteiger partial charge in [-0.2, -0.15) is 0 Å². The molecule has 3 aliphatic rings. The van der Waals surface area contributed by atoms with E-state index in [0.717, 1.165) is 57.8 Å². The average Bonchev–Trinajstić information content (AvgIpc) is 3.03. The van der Waals surface area contributed by atoms with Gasteiger partial charge in [-0.25, -0.2) is 14.4 Å². The highest BCUT2D eigenvalue weighted by atomic mass is 19.1. The molecule has 1 amide bonds. The second-order valence-corrected chi connectivity index (χ2v) is 11.7. The molecule has 4 heterocycles. The van der Waals surface area contributed by atoms with Crippen LogP contribution in [0.25, 0.3) is 11.3 Å². The van der Waals surface area contributed by atoms with Gasteiger partial charge in [0.2, 0.25) is 0 Å². The van der Waals surface area contributed by atoms with Crippen LogP contribution in [-0.4, -0.2) is 97.3 Å². The maximum atomic E-state index is 14.9. The van der Waals surface area contributed by atoms with Crippen LogP contribution in [0.15, 0.2) is 48.5 Å². The van der Waals surface area contributed by atoms with Crippen LogP contribution in [-0.2, 0) is 4.74 Å². The Hall–Kier alpha value is -3.80. The molecule has 228 valence electrons. The van der Waals surface area contributed by atoms with Crippen LogP contribution in [0, 0.1) is 5.82 Å². The number of rotatable bonds is 8. The Labute approximate surface area is 252 Å². The molecule has 1 aromatic heterocycles. The number of nitrogens with one attached hydrogen (secondary N) is 2.